The fraction of sp³-hybridized carbons (Fsp3) is 0.348. The number of carbonyl (C=O) groups excluding carboxylic acids is 1. The number of nitrogens with one attached hydrogen (secondary N) is 1. The second-order valence-corrected chi connectivity index (χ2v) is 8.51. The molecule has 6 nitrogen and oxygen atoms in total. The van der Waals surface area contributed by atoms with Gasteiger partial charge in [-0.25, -0.2) is 4.98 Å². The van der Waals surface area contributed by atoms with Crippen molar-refractivity contribution in [1.82, 2.24) is 14.7 Å². The van der Waals surface area contributed by atoms with E-state index in [4.69, 9.17) is 20.5 Å². The molecule has 9 heteroatoms. The van der Waals surface area contributed by atoms with Crippen LogP contribution in [0.15, 0.2) is 36.4 Å². The summed E-state index contributed by atoms with van der Waals surface area (Å²) in [5, 5.41) is 12.8. The number of amides is 1. The number of nitrogens with zero attached hydrogens (tertiary/aromatic N) is 3. The van der Waals surface area contributed by atoms with Crippen LogP contribution >= 0.6 is 11.6 Å². The second-order valence-electron chi connectivity index (χ2n) is 8.08. The van der Waals surface area contributed by atoms with E-state index < -0.39 is 30.2 Å². The molecule has 0 atom stereocenters. The van der Waals surface area contributed by atoms with Crippen LogP contribution in [0.3, 0.4) is 0 Å². The van der Waals surface area contributed by atoms with Gasteiger partial charge >= 0.3 is 0 Å². The lowest BCUT2D eigenvalue weighted by molar-refractivity contribution is 0.0124. The highest BCUT2D eigenvalue weighted by Crippen LogP contribution is 2.32. The monoisotopic (exact) mass is 463 g/mol. The van der Waals surface area contributed by atoms with Crippen LogP contribution in [0.4, 0.5) is 8.78 Å². The number of carbonyl (C=O) groups is 1. The van der Waals surface area contributed by atoms with Crippen molar-refractivity contribution in [2.75, 3.05) is 13.6 Å². The highest BCUT2D eigenvalue weighted by molar-refractivity contribution is 6.30. The number of imidazole rings is 1. The lowest BCUT2D eigenvalue weighted by Crippen LogP contribution is -2.39. The van der Waals surface area contributed by atoms with Crippen molar-refractivity contribution >= 4 is 23.2 Å². The molecule has 3 rings (SSSR count). The van der Waals surface area contributed by atoms with Crippen LogP contribution in [0.2, 0.25) is 5.02 Å². The van der Waals surface area contributed by atoms with Gasteiger partial charge in [0.25, 0.3) is 11.8 Å². The minimum Gasteiger partial charge on any atom is -0.377 e. The third kappa shape index (κ3) is 5.06. The molecular formula is C23H23ClF2N4O2. The van der Waals surface area contributed by atoms with Crippen molar-refractivity contribution in [2.24, 2.45) is 0 Å². The molecule has 0 bridgehead atoms. The van der Waals surface area contributed by atoms with Crippen LogP contribution < -0.4 is 5.32 Å². The number of rotatable bonds is 7. The summed E-state index contributed by atoms with van der Waals surface area (Å²) in [7, 11) is -2.65. The van der Waals surface area contributed by atoms with E-state index in [0.29, 0.717) is 17.5 Å². The Hall–Kier alpha value is -3.02. The van der Waals surface area contributed by atoms with Crippen LogP contribution in [-0.4, -0.2) is 34.5 Å². The minimum absolute atomic E-state index is 0.00712. The van der Waals surface area contributed by atoms with Gasteiger partial charge < -0.3 is 10.1 Å². The van der Waals surface area contributed by atoms with Crippen molar-refractivity contribution in [1.29, 1.82) is 5.26 Å². The normalized spacial score (nSPS) is 13.8. The highest BCUT2D eigenvalue weighted by atomic mass is 35.5. The van der Waals surface area contributed by atoms with Gasteiger partial charge in [0.05, 0.1) is 15.4 Å². The van der Waals surface area contributed by atoms with Crippen molar-refractivity contribution in [3.8, 4) is 6.07 Å². The van der Waals surface area contributed by atoms with Gasteiger partial charge in [-0.05, 0) is 43.7 Å². The average molecular weight is 464 g/mol. The number of benzene rings is 1. The number of nitriles is 1. The maximum Gasteiger partial charge on any atom is 0.288 e. The van der Waals surface area contributed by atoms with Crippen molar-refractivity contribution < 1.29 is 22.4 Å². The molecule has 2 aromatic heterocycles. The van der Waals surface area contributed by atoms with Crippen molar-refractivity contribution in [2.45, 2.75) is 38.7 Å². The Morgan fingerprint density at radius 3 is 2.59 bits per heavy atom. The summed E-state index contributed by atoms with van der Waals surface area (Å²) in [6, 6.07) is 11.2. The van der Waals surface area contributed by atoms with Gasteiger partial charge in [-0.1, -0.05) is 23.7 Å². The van der Waals surface area contributed by atoms with E-state index in [9.17, 15) is 18.8 Å². The molecular weight excluding hydrogens is 438 g/mol. The summed E-state index contributed by atoms with van der Waals surface area (Å²) < 4.78 is 56.9. The lowest BCUT2D eigenvalue weighted by Gasteiger charge is -2.23. The number of hydrogen-bond donors (Lipinski definition) is 1. The molecule has 32 heavy (non-hydrogen) atoms. The number of aromatic nitrogens is 2. The molecule has 0 saturated carbocycles. The van der Waals surface area contributed by atoms with E-state index in [1.165, 1.54) is 30.4 Å². The topological polar surface area (TPSA) is 79.4 Å². The molecule has 0 spiro atoms. The third-order valence-electron chi connectivity index (χ3n) is 4.84. The van der Waals surface area contributed by atoms with Gasteiger partial charge in [-0.2, -0.15) is 14.0 Å². The maximum absolute atomic E-state index is 14.5. The Bertz CT molecular complexity index is 1290. The summed E-state index contributed by atoms with van der Waals surface area (Å²) in [5.41, 5.74) is -0.958. The molecule has 1 N–H and O–H groups in total. The van der Waals surface area contributed by atoms with Crippen LogP contribution in [0.5, 0.6) is 0 Å². The second kappa shape index (κ2) is 8.85. The first-order valence-corrected chi connectivity index (χ1v) is 10.0. The number of alkyl halides is 2. The average Bonchev–Trinajstić information content (AvgIpc) is 3.10. The summed E-state index contributed by atoms with van der Waals surface area (Å²) in [6.07, 6.45) is 0.0535. The number of pyridine rings is 1. The summed E-state index contributed by atoms with van der Waals surface area (Å²) in [5.74, 6) is -3.95. The van der Waals surface area contributed by atoms with E-state index in [0.717, 1.165) is 0 Å². The van der Waals surface area contributed by atoms with Gasteiger partial charge in [0.15, 0.2) is 0 Å². The van der Waals surface area contributed by atoms with Crippen molar-refractivity contribution in [3.05, 3.63) is 69.6 Å². The Kier molecular flexibility index (Phi) is 5.43. The molecule has 0 radical (unpaired) electrons. The first-order chi connectivity index (χ1) is 16.1. The van der Waals surface area contributed by atoms with E-state index in [2.05, 4.69) is 10.3 Å². The zero-order valence-electron chi connectivity index (χ0n) is 20.7. The van der Waals surface area contributed by atoms with Crippen LogP contribution in [0.25, 0.3) is 5.65 Å². The predicted octanol–water partition coefficient (Wildman–Crippen LogP) is 4.72. The largest absolute Gasteiger partial charge is 0.377 e. The van der Waals surface area contributed by atoms with Crippen LogP contribution in [-0.2, 0) is 17.1 Å². The molecule has 0 fully saturated rings. The van der Waals surface area contributed by atoms with E-state index >= 15 is 0 Å². The van der Waals surface area contributed by atoms with Gasteiger partial charge in [0.2, 0.25) is 0 Å². The number of fused-ring (bicyclic) bond motifs is 1. The van der Waals surface area contributed by atoms with Gasteiger partial charge in [0.1, 0.15) is 23.1 Å². The standard InChI is InChI=1S/C23H23ClF2N4O2/c1-22(2,32-4)13-28-21(31)15-10-17(12-27)30-18(9-14-5-7-16(24)8-6-14)20(23(3,25)26)29-19(30)11-15/h5-8,10-11H,9,13H2,1-4H3,(H,28,31)/i4D3. The number of methoxy groups -OCH3 is 1. The molecule has 0 saturated heterocycles. The maximum atomic E-state index is 14.5. The van der Waals surface area contributed by atoms with Crippen LogP contribution in [0.1, 0.15) is 57.9 Å². The lowest BCUT2D eigenvalue weighted by atomic mass is 10.1. The number of ether oxygens (including phenoxy) is 1. The first-order valence-electron chi connectivity index (χ1n) is 11.2. The zero-order valence-corrected chi connectivity index (χ0v) is 18.4. The Morgan fingerprint density at radius 1 is 1.31 bits per heavy atom. The predicted molar refractivity (Wildman–Crippen MR) is 117 cm³/mol. The molecule has 3 aromatic rings. The molecule has 0 aliphatic heterocycles. The van der Waals surface area contributed by atoms with Gasteiger partial charge in [-0.15, -0.1) is 0 Å². The first kappa shape index (κ1) is 19.6. The van der Waals surface area contributed by atoms with Gasteiger partial charge in [0, 0.05) is 37.5 Å². The number of halogens is 3. The zero-order chi connectivity index (χ0) is 26.2. The summed E-state index contributed by atoms with van der Waals surface area (Å²) in [6.45, 7) is 3.56. The molecule has 168 valence electrons. The summed E-state index contributed by atoms with van der Waals surface area (Å²) >= 11 is 5.92. The van der Waals surface area contributed by atoms with E-state index in [1.807, 2.05) is 6.07 Å². The van der Waals surface area contributed by atoms with E-state index in [-0.39, 0.29) is 35.6 Å². The number of hydrogen-bond acceptors (Lipinski definition) is 4. The van der Waals surface area contributed by atoms with E-state index in [1.54, 1.807) is 24.3 Å². The molecule has 2 heterocycles. The Morgan fingerprint density at radius 2 is 2.00 bits per heavy atom. The molecule has 1 aromatic carbocycles. The van der Waals surface area contributed by atoms with Crippen LogP contribution in [0, 0.1) is 11.3 Å². The molecule has 0 aliphatic carbocycles. The van der Waals surface area contributed by atoms with Crippen molar-refractivity contribution in [3.63, 3.8) is 0 Å². The van der Waals surface area contributed by atoms with Gasteiger partial charge in [-0.3, -0.25) is 9.20 Å². The quantitative estimate of drug-likeness (QED) is 0.550. The Balaban J connectivity index is 2.01. The molecule has 0 unspecified atom stereocenters. The minimum atomic E-state index is -3.31. The Labute approximate surface area is 194 Å². The molecule has 0 aliphatic rings. The SMILES string of the molecule is [2H]C([2H])([2H])OC(C)(C)CNC(=O)c1cc(C#N)n2c(Cc3ccc(Cl)cc3)c(C(C)(F)F)nc2c1. The summed E-state index contributed by atoms with van der Waals surface area (Å²) in [4.78, 5) is 16.8. The fourth-order valence-electron chi connectivity index (χ4n) is 3.19. The highest BCUT2D eigenvalue weighted by Gasteiger charge is 2.33. The third-order valence-corrected chi connectivity index (χ3v) is 5.10. The smallest absolute Gasteiger partial charge is 0.288 e. The molecule has 1 amide bonds. The fourth-order valence-corrected chi connectivity index (χ4v) is 3.31.